The van der Waals surface area contributed by atoms with E-state index in [1.54, 1.807) is 24.8 Å². The first-order valence-electron chi connectivity index (χ1n) is 8.82. The van der Waals surface area contributed by atoms with Gasteiger partial charge in [-0.2, -0.15) is 9.40 Å². The molecule has 26 heavy (non-hydrogen) atoms. The predicted molar refractivity (Wildman–Crippen MR) is 99.5 cm³/mol. The molecule has 1 saturated heterocycles. The average molecular weight is 382 g/mol. The van der Waals surface area contributed by atoms with E-state index in [0.717, 1.165) is 24.2 Å². The molecular weight excluding hydrogens is 354 g/mol. The van der Waals surface area contributed by atoms with Gasteiger partial charge in [-0.3, -0.25) is 9.58 Å². The molecule has 0 saturated carbocycles. The molecule has 2 atom stereocenters. The third kappa shape index (κ3) is 3.75. The van der Waals surface area contributed by atoms with Crippen LogP contribution in [0.3, 0.4) is 0 Å². The molecule has 0 radical (unpaired) electrons. The van der Waals surface area contributed by atoms with Gasteiger partial charge in [0, 0.05) is 51.9 Å². The zero-order chi connectivity index (χ0) is 19.1. The Kier molecular flexibility index (Phi) is 5.34. The van der Waals surface area contributed by atoms with E-state index in [9.17, 15) is 8.42 Å². The van der Waals surface area contributed by atoms with Gasteiger partial charge in [-0.1, -0.05) is 0 Å². The van der Waals surface area contributed by atoms with Gasteiger partial charge in [-0.25, -0.2) is 13.4 Å². The molecule has 8 nitrogen and oxygen atoms in total. The van der Waals surface area contributed by atoms with Gasteiger partial charge >= 0.3 is 0 Å². The Balaban J connectivity index is 1.74. The zero-order valence-electron chi connectivity index (χ0n) is 16.0. The summed E-state index contributed by atoms with van der Waals surface area (Å²) < 4.78 is 34.6. The summed E-state index contributed by atoms with van der Waals surface area (Å²) in [6.07, 6.45) is 1.75. The van der Waals surface area contributed by atoms with E-state index in [1.807, 2.05) is 20.8 Å². The van der Waals surface area contributed by atoms with Crippen LogP contribution in [-0.4, -0.2) is 77.8 Å². The third-order valence-electron chi connectivity index (χ3n) is 4.77. The number of pyridine rings is 1. The summed E-state index contributed by atoms with van der Waals surface area (Å²) in [5.41, 5.74) is 1.45. The summed E-state index contributed by atoms with van der Waals surface area (Å²) in [5, 5.41) is 5.06. The molecule has 0 spiro atoms. The lowest BCUT2D eigenvalue weighted by Crippen LogP contribution is -2.48. The van der Waals surface area contributed by atoms with Crippen LogP contribution in [0.25, 0.3) is 11.0 Å². The van der Waals surface area contributed by atoms with Gasteiger partial charge in [0.05, 0.1) is 17.9 Å². The van der Waals surface area contributed by atoms with Crippen molar-refractivity contribution in [3.8, 4) is 0 Å². The highest BCUT2D eigenvalue weighted by atomic mass is 32.2. The number of nitrogens with zero attached hydrogens (tertiary/aromatic N) is 5. The lowest BCUT2D eigenvalue weighted by atomic mass is 10.2. The third-order valence-corrected chi connectivity index (χ3v) is 6.59. The van der Waals surface area contributed by atoms with Crippen molar-refractivity contribution in [1.82, 2.24) is 24.0 Å². The topological polar surface area (TPSA) is 80.6 Å². The van der Waals surface area contributed by atoms with Crippen LogP contribution >= 0.6 is 0 Å². The van der Waals surface area contributed by atoms with Crippen molar-refractivity contribution >= 4 is 21.1 Å². The number of hydrogen-bond donors (Lipinski definition) is 0. The molecule has 0 N–H and O–H groups in total. The molecule has 2 aromatic rings. The van der Waals surface area contributed by atoms with E-state index in [4.69, 9.17) is 4.74 Å². The summed E-state index contributed by atoms with van der Waals surface area (Å²) in [6.45, 7) is 8.67. The molecule has 0 aliphatic carbocycles. The lowest BCUT2D eigenvalue weighted by molar-refractivity contribution is -0.0681. The average Bonchev–Trinajstić information content (AvgIpc) is 2.85. The monoisotopic (exact) mass is 381 g/mol. The molecule has 2 aromatic heterocycles. The van der Waals surface area contributed by atoms with Crippen molar-refractivity contribution < 1.29 is 13.2 Å². The summed E-state index contributed by atoms with van der Waals surface area (Å²) in [6, 6.07) is 1.66. The van der Waals surface area contributed by atoms with Crippen LogP contribution in [0.15, 0.2) is 17.2 Å². The minimum atomic E-state index is -3.59. The zero-order valence-corrected chi connectivity index (χ0v) is 16.8. The maximum Gasteiger partial charge on any atom is 0.244 e. The Morgan fingerprint density at radius 3 is 2.62 bits per heavy atom. The van der Waals surface area contributed by atoms with Gasteiger partial charge in [0.1, 0.15) is 4.90 Å². The summed E-state index contributed by atoms with van der Waals surface area (Å²) in [7, 11) is -0.177. The molecule has 0 amide bonds. The number of sulfonamides is 1. The Morgan fingerprint density at radius 1 is 1.31 bits per heavy atom. The van der Waals surface area contributed by atoms with Crippen molar-refractivity contribution in [3.63, 3.8) is 0 Å². The standard InChI is InChI=1S/C17H27N5O3S/c1-12-10-22(11-13(2)25-12)7-6-20(4)26(23,24)15-8-16-14(3)19-21(5)17(16)18-9-15/h8-9,12-13H,6-7,10-11H2,1-5H3/t12-,13+. The van der Waals surface area contributed by atoms with Crippen molar-refractivity contribution in [2.24, 2.45) is 7.05 Å². The molecule has 0 bridgehead atoms. The molecule has 0 unspecified atom stereocenters. The number of rotatable bonds is 5. The number of fused-ring (bicyclic) bond motifs is 1. The minimum Gasteiger partial charge on any atom is -0.373 e. The Bertz CT molecular complexity index is 885. The van der Waals surface area contributed by atoms with Gasteiger partial charge in [0.15, 0.2) is 5.65 Å². The minimum absolute atomic E-state index is 0.167. The second-order valence-electron chi connectivity index (χ2n) is 7.09. The number of morpholine rings is 1. The normalized spacial score (nSPS) is 22.4. The summed E-state index contributed by atoms with van der Waals surface area (Å²) in [4.78, 5) is 6.74. The first kappa shape index (κ1) is 19.2. The van der Waals surface area contributed by atoms with Gasteiger partial charge in [-0.15, -0.1) is 0 Å². The second-order valence-corrected chi connectivity index (χ2v) is 9.14. The summed E-state index contributed by atoms with van der Waals surface area (Å²) >= 11 is 0. The smallest absolute Gasteiger partial charge is 0.244 e. The number of hydrogen-bond acceptors (Lipinski definition) is 6. The number of ether oxygens (including phenoxy) is 1. The SMILES string of the molecule is Cc1nn(C)c2ncc(S(=O)(=O)N(C)CCN3C[C@@H](C)O[C@@H](C)C3)cc12. The highest BCUT2D eigenvalue weighted by Crippen LogP contribution is 2.21. The van der Waals surface area contributed by atoms with Crippen molar-refractivity contribution in [2.45, 2.75) is 37.9 Å². The van der Waals surface area contributed by atoms with E-state index in [2.05, 4.69) is 15.0 Å². The van der Waals surface area contributed by atoms with Crippen LogP contribution in [0.1, 0.15) is 19.5 Å². The van der Waals surface area contributed by atoms with Gasteiger partial charge < -0.3 is 4.74 Å². The highest BCUT2D eigenvalue weighted by molar-refractivity contribution is 7.89. The van der Waals surface area contributed by atoms with E-state index in [0.29, 0.717) is 18.7 Å². The molecule has 1 aliphatic rings. The van der Waals surface area contributed by atoms with Crippen LogP contribution in [0.5, 0.6) is 0 Å². The van der Waals surface area contributed by atoms with Crippen LogP contribution in [0, 0.1) is 6.92 Å². The number of aryl methyl sites for hydroxylation is 2. The largest absolute Gasteiger partial charge is 0.373 e. The predicted octanol–water partition coefficient (Wildman–Crippen LogP) is 1.01. The number of aromatic nitrogens is 3. The van der Waals surface area contributed by atoms with Crippen LogP contribution < -0.4 is 0 Å². The molecule has 9 heteroatoms. The maximum atomic E-state index is 12.9. The molecule has 0 aromatic carbocycles. The molecule has 1 fully saturated rings. The van der Waals surface area contributed by atoms with E-state index >= 15 is 0 Å². The Morgan fingerprint density at radius 2 is 1.96 bits per heavy atom. The van der Waals surface area contributed by atoms with Crippen molar-refractivity contribution in [2.75, 3.05) is 33.2 Å². The highest BCUT2D eigenvalue weighted by Gasteiger charge is 2.26. The van der Waals surface area contributed by atoms with Crippen molar-refractivity contribution in [3.05, 3.63) is 18.0 Å². The summed E-state index contributed by atoms with van der Waals surface area (Å²) in [5.74, 6) is 0. The van der Waals surface area contributed by atoms with E-state index in [1.165, 1.54) is 10.5 Å². The van der Waals surface area contributed by atoms with Crippen LogP contribution in [-0.2, 0) is 21.8 Å². The van der Waals surface area contributed by atoms with Gasteiger partial charge in [-0.05, 0) is 26.8 Å². The lowest BCUT2D eigenvalue weighted by Gasteiger charge is -2.35. The van der Waals surface area contributed by atoms with Gasteiger partial charge in [0.2, 0.25) is 10.0 Å². The van der Waals surface area contributed by atoms with E-state index in [-0.39, 0.29) is 17.1 Å². The Hall–Kier alpha value is -1.55. The van der Waals surface area contributed by atoms with E-state index < -0.39 is 10.0 Å². The fraction of sp³-hybridized carbons (Fsp3) is 0.647. The maximum absolute atomic E-state index is 12.9. The fourth-order valence-electron chi connectivity index (χ4n) is 3.48. The molecule has 144 valence electrons. The molecule has 1 aliphatic heterocycles. The first-order valence-corrected chi connectivity index (χ1v) is 10.3. The molecule has 3 heterocycles. The van der Waals surface area contributed by atoms with Crippen LogP contribution in [0.4, 0.5) is 0 Å². The van der Waals surface area contributed by atoms with Crippen LogP contribution in [0.2, 0.25) is 0 Å². The molecule has 3 rings (SSSR count). The number of likely N-dealkylation sites (N-methyl/N-ethyl adjacent to an activating group) is 1. The Labute approximate surface area is 154 Å². The first-order chi connectivity index (χ1) is 12.2. The molecular formula is C17H27N5O3S. The van der Waals surface area contributed by atoms with Crippen molar-refractivity contribution in [1.29, 1.82) is 0 Å². The fourth-order valence-corrected chi connectivity index (χ4v) is 4.61. The van der Waals surface area contributed by atoms with Gasteiger partial charge in [0.25, 0.3) is 0 Å². The quantitative estimate of drug-likeness (QED) is 0.769. The second kappa shape index (κ2) is 7.22.